The zero-order valence-corrected chi connectivity index (χ0v) is 11.7. The average Bonchev–Trinajstić information content (AvgIpc) is 2.70. The molecule has 6 nitrogen and oxygen atoms in total. The van der Waals surface area contributed by atoms with Crippen molar-refractivity contribution in [1.29, 1.82) is 0 Å². The third kappa shape index (κ3) is 3.26. The van der Waals surface area contributed by atoms with E-state index in [2.05, 4.69) is 5.16 Å². The lowest BCUT2D eigenvalue weighted by atomic mass is 10.0. The molecule has 0 atom stereocenters. The number of fused-ring (bicyclic) bond motifs is 1. The molecule has 1 aromatic heterocycles. The second-order valence-electron chi connectivity index (χ2n) is 5.72. The molecule has 2 N–H and O–H groups in total. The Morgan fingerprint density at radius 1 is 1.53 bits per heavy atom. The molecule has 0 bridgehead atoms. The standard InChI is InChI=1S/C13H21N3O3/c1-13(2,3)18-12(17)16-7-5-9-10(8-16)15-19-11(9)4-6-14/h4-8,14H2,1-3H3. The van der Waals surface area contributed by atoms with Crippen LogP contribution < -0.4 is 5.73 Å². The summed E-state index contributed by atoms with van der Waals surface area (Å²) >= 11 is 0. The molecule has 1 aromatic rings. The van der Waals surface area contributed by atoms with Crippen LogP contribution in [0.2, 0.25) is 0 Å². The molecule has 1 aliphatic rings. The molecule has 2 heterocycles. The lowest BCUT2D eigenvalue weighted by Crippen LogP contribution is -2.40. The van der Waals surface area contributed by atoms with Gasteiger partial charge in [-0.1, -0.05) is 5.16 Å². The average molecular weight is 267 g/mol. The topological polar surface area (TPSA) is 81.6 Å². The minimum absolute atomic E-state index is 0.304. The van der Waals surface area contributed by atoms with Gasteiger partial charge in [-0.2, -0.15) is 0 Å². The molecule has 0 unspecified atom stereocenters. The number of rotatable bonds is 2. The van der Waals surface area contributed by atoms with Crippen LogP contribution in [0.5, 0.6) is 0 Å². The second-order valence-corrected chi connectivity index (χ2v) is 5.72. The van der Waals surface area contributed by atoms with E-state index in [1.165, 1.54) is 0 Å². The number of amides is 1. The normalized spacial score (nSPS) is 15.3. The zero-order chi connectivity index (χ0) is 14.0. The number of hydrogen-bond acceptors (Lipinski definition) is 5. The van der Waals surface area contributed by atoms with Crippen LogP contribution in [0.4, 0.5) is 4.79 Å². The number of hydrogen-bond donors (Lipinski definition) is 1. The van der Waals surface area contributed by atoms with Crippen molar-refractivity contribution in [2.24, 2.45) is 5.73 Å². The molecule has 0 saturated carbocycles. The predicted molar refractivity (Wildman–Crippen MR) is 69.6 cm³/mol. The summed E-state index contributed by atoms with van der Waals surface area (Å²) in [6, 6.07) is 0. The molecular weight excluding hydrogens is 246 g/mol. The molecular formula is C13H21N3O3. The maximum absolute atomic E-state index is 12.0. The monoisotopic (exact) mass is 267 g/mol. The fourth-order valence-corrected chi connectivity index (χ4v) is 2.11. The highest BCUT2D eigenvalue weighted by atomic mass is 16.6. The highest BCUT2D eigenvalue weighted by Gasteiger charge is 2.29. The maximum atomic E-state index is 12.0. The number of nitrogens with two attached hydrogens (primary N) is 1. The van der Waals surface area contributed by atoms with E-state index in [4.69, 9.17) is 15.0 Å². The molecule has 0 fully saturated rings. The molecule has 0 aromatic carbocycles. The van der Waals surface area contributed by atoms with Gasteiger partial charge in [0.15, 0.2) is 0 Å². The largest absolute Gasteiger partial charge is 0.444 e. The van der Waals surface area contributed by atoms with Gasteiger partial charge >= 0.3 is 6.09 Å². The van der Waals surface area contributed by atoms with Crippen LogP contribution in [-0.4, -0.2) is 34.8 Å². The summed E-state index contributed by atoms with van der Waals surface area (Å²) in [5, 5.41) is 4.02. The fraction of sp³-hybridized carbons (Fsp3) is 0.692. The zero-order valence-electron chi connectivity index (χ0n) is 11.7. The number of carbonyl (C=O) groups excluding carboxylic acids is 1. The molecule has 0 spiro atoms. The van der Waals surface area contributed by atoms with Crippen LogP contribution in [0.15, 0.2) is 4.52 Å². The van der Waals surface area contributed by atoms with Gasteiger partial charge in [-0.25, -0.2) is 4.79 Å². The molecule has 1 amide bonds. The lowest BCUT2D eigenvalue weighted by molar-refractivity contribution is 0.0220. The Hall–Kier alpha value is -1.56. The SMILES string of the molecule is CC(C)(C)OC(=O)N1CCc2c(noc2CCN)C1. The van der Waals surface area contributed by atoms with Crippen molar-refractivity contribution < 1.29 is 14.1 Å². The molecule has 0 aliphatic carbocycles. The van der Waals surface area contributed by atoms with Crippen molar-refractivity contribution >= 4 is 6.09 Å². The summed E-state index contributed by atoms with van der Waals surface area (Å²) in [5.74, 6) is 0.848. The third-order valence-electron chi connectivity index (χ3n) is 2.95. The van der Waals surface area contributed by atoms with E-state index in [0.717, 1.165) is 23.4 Å². The molecule has 0 saturated heterocycles. The first-order valence-corrected chi connectivity index (χ1v) is 6.55. The van der Waals surface area contributed by atoms with E-state index in [-0.39, 0.29) is 6.09 Å². The molecule has 1 aliphatic heterocycles. The van der Waals surface area contributed by atoms with E-state index >= 15 is 0 Å². The molecule has 6 heteroatoms. The minimum atomic E-state index is -0.480. The molecule has 2 rings (SSSR count). The van der Waals surface area contributed by atoms with Crippen LogP contribution >= 0.6 is 0 Å². The summed E-state index contributed by atoms with van der Waals surface area (Å²) in [4.78, 5) is 13.6. The van der Waals surface area contributed by atoms with Crippen LogP contribution in [0.25, 0.3) is 0 Å². The van der Waals surface area contributed by atoms with Crippen molar-refractivity contribution in [2.45, 2.75) is 45.8 Å². The van der Waals surface area contributed by atoms with Gasteiger partial charge in [-0.05, 0) is 33.7 Å². The van der Waals surface area contributed by atoms with E-state index in [1.54, 1.807) is 4.90 Å². The summed E-state index contributed by atoms with van der Waals surface area (Å²) in [6.07, 6.45) is 1.13. The van der Waals surface area contributed by atoms with Crippen molar-refractivity contribution in [3.63, 3.8) is 0 Å². The Kier molecular flexibility index (Phi) is 3.80. The molecule has 106 valence electrons. The van der Waals surface area contributed by atoms with Gasteiger partial charge in [0, 0.05) is 18.5 Å². The van der Waals surface area contributed by atoms with E-state index in [0.29, 0.717) is 26.1 Å². The minimum Gasteiger partial charge on any atom is -0.444 e. The van der Waals surface area contributed by atoms with Gasteiger partial charge < -0.3 is 19.9 Å². The van der Waals surface area contributed by atoms with Gasteiger partial charge in [-0.15, -0.1) is 0 Å². The van der Waals surface area contributed by atoms with Crippen molar-refractivity contribution in [2.75, 3.05) is 13.1 Å². The van der Waals surface area contributed by atoms with Gasteiger partial charge in [0.1, 0.15) is 17.1 Å². The first-order chi connectivity index (χ1) is 8.90. The Balaban J connectivity index is 2.04. The third-order valence-corrected chi connectivity index (χ3v) is 2.95. The first kappa shape index (κ1) is 13.9. The smallest absolute Gasteiger partial charge is 0.410 e. The van der Waals surface area contributed by atoms with Crippen molar-refractivity contribution in [3.05, 3.63) is 17.0 Å². The molecule has 0 radical (unpaired) electrons. The quantitative estimate of drug-likeness (QED) is 0.877. The van der Waals surface area contributed by atoms with Crippen LogP contribution in [-0.2, 0) is 24.1 Å². The Morgan fingerprint density at radius 3 is 2.89 bits per heavy atom. The second kappa shape index (κ2) is 5.21. The summed E-state index contributed by atoms with van der Waals surface area (Å²) in [7, 11) is 0. The van der Waals surface area contributed by atoms with Crippen LogP contribution in [0.3, 0.4) is 0 Å². The Bertz CT molecular complexity index is 462. The summed E-state index contributed by atoms with van der Waals surface area (Å²) in [5.41, 5.74) is 6.97. The predicted octanol–water partition coefficient (Wildman–Crippen LogP) is 1.47. The summed E-state index contributed by atoms with van der Waals surface area (Å²) in [6.45, 7) is 7.18. The number of nitrogens with zero attached hydrogens (tertiary/aromatic N) is 2. The molecule has 19 heavy (non-hydrogen) atoms. The van der Waals surface area contributed by atoms with E-state index in [1.807, 2.05) is 20.8 Å². The number of ether oxygens (including phenoxy) is 1. The van der Waals surface area contributed by atoms with E-state index in [9.17, 15) is 4.79 Å². The Labute approximate surface area is 112 Å². The van der Waals surface area contributed by atoms with Gasteiger partial charge in [0.05, 0.1) is 6.54 Å². The van der Waals surface area contributed by atoms with Gasteiger partial charge in [0.2, 0.25) is 0 Å². The van der Waals surface area contributed by atoms with Crippen LogP contribution in [0, 0.1) is 0 Å². The number of aromatic nitrogens is 1. The van der Waals surface area contributed by atoms with Gasteiger partial charge in [-0.3, -0.25) is 0 Å². The van der Waals surface area contributed by atoms with Crippen molar-refractivity contribution in [1.82, 2.24) is 10.1 Å². The maximum Gasteiger partial charge on any atom is 0.410 e. The lowest BCUT2D eigenvalue weighted by Gasteiger charge is -2.29. The number of carbonyl (C=O) groups is 1. The van der Waals surface area contributed by atoms with Gasteiger partial charge in [0.25, 0.3) is 0 Å². The Morgan fingerprint density at radius 2 is 2.26 bits per heavy atom. The highest BCUT2D eigenvalue weighted by molar-refractivity contribution is 5.68. The fourth-order valence-electron chi connectivity index (χ4n) is 2.11. The van der Waals surface area contributed by atoms with Crippen LogP contribution in [0.1, 0.15) is 37.8 Å². The summed E-state index contributed by atoms with van der Waals surface area (Å²) < 4.78 is 10.6. The van der Waals surface area contributed by atoms with Crippen molar-refractivity contribution in [3.8, 4) is 0 Å². The highest BCUT2D eigenvalue weighted by Crippen LogP contribution is 2.23. The van der Waals surface area contributed by atoms with E-state index < -0.39 is 5.60 Å². The first-order valence-electron chi connectivity index (χ1n) is 6.55.